The molecule has 0 saturated heterocycles. The van der Waals surface area contributed by atoms with Crippen molar-refractivity contribution < 1.29 is 0 Å². The van der Waals surface area contributed by atoms with Crippen molar-refractivity contribution in [3.05, 3.63) is 61.9 Å². The van der Waals surface area contributed by atoms with E-state index in [1.165, 1.54) is 10.4 Å². The van der Waals surface area contributed by atoms with Crippen LogP contribution >= 0.6 is 22.7 Å². The van der Waals surface area contributed by atoms with Crippen molar-refractivity contribution in [2.45, 2.75) is 13.8 Å². The lowest BCUT2D eigenvalue weighted by Crippen LogP contribution is -2.11. The van der Waals surface area contributed by atoms with Crippen LogP contribution in [0.25, 0.3) is 11.3 Å². The summed E-state index contributed by atoms with van der Waals surface area (Å²) in [6.45, 7) is 4.19. The highest BCUT2D eigenvalue weighted by Crippen LogP contribution is 2.21. The van der Waals surface area contributed by atoms with E-state index in [1.54, 1.807) is 29.7 Å². The fourth-order valence-corrected chi connectivity index (χ4v) is 3.67. The van der Waals surface area contributed by atoms with Crippen LogP contribution in [0.4, 0.5) is 0 Å². The highest BCUT2D eigenvalue weighted by molar-refractivity contribution is 7.13. The lowest BCUT2D eigenvalue weighted by atomic mass is 10.1. The van der Waals surface area contributed by atoms with Crippen molar-refractivity contribution in [3.63, 3.8) is 0 Å². The summed E-state index contributed by atoms with van der Waals surface area (Å²) in [5.74, 6) is 0. The van der Waals surface area contributed by atoms with Crippen molar-refractivity contribution in [1.29, 1.82) is 0 Å². The smallest absolute Gasteiger partial charge is 0.205 e. The van der Waals surface area contributed by atoms with Gasteiger partial charge in [0.15, 0.2) is 0 Å². The molecule has 0 bridgehead atoms. The minimum absolute atomic E-state index is 0.889. The van der Waals surface area contributed by atoms with Gasteiger partial charge in [-0.1, -0.05) is 29.8 Å². The topological polar surface area (TPSA) is 29.6 Å². The van der Waals surface area contributed by atoms with Gasteiger partial charge in [0.2, 0.25) is 4.80 Å². The van der Waals surface area contributed by atoms with E-state index in [2.05, 4.69) is 65.7 Å². The third-order valence-electron chi connectivity index (χ3n) is 3.29. The Hall–Kier alpha value is -1.98. The Labute approximate surface area is 137 Å². The molecule has 5 heteroatoms. The summed E-state index contributed by atoms with van der Waals surface area (Å²) >= 11 is 3.34. The quantitative estimate of drug-likeness (QED) is 0.642. The number of hydrogen-bond donors (Lipinski definition) is 0. The van der Waals surface area contributed by atoms with E-state index >= 15 is 0 Å². The van der Waals surface area contributed by atoms with Gasteiger partial charge in [0, 0.05) is 27.7 Å². The molecule has 1 aromatic carbocycles. The molecule has 112 valence electrons. The summed E-state index contributed by atoms with van der Waals surface area (Å²) in [5, 5.41) is 6.74. The third kappa shape index (κ3) is 3.10. The predicted octanol–water partition coefficient (Wildman–Crippen LogP) is 4.31. The molecular weight excluding hydrogens is 310 g/mol. The van der Waals surface area contributed by atoms with Crippen LogP contribution in [-0.4, -0.2) is 17.9 Å². The SMILES string of the molecule is CN=c1scc(-c2ccc(C)cc2)n1N=Cc1ccc(C)s1. The number of thiazole rings is 1. The first kappa shape index (κ1) is 14.9. The summed E-state index contributed by atoms with van der Waals surface area (Å²) in [4.78, 5) is 7.65. The molecule has 2 aromatic heterocycles. The maximum Gasteiger partial charge on any atom is 0.205 e. The Bertz CT molecular complexity index is 864. The van der Waals surface area contributed by atoms with Crippen LogP contribution in [-0.2, 0) is 0 Å². The van der Waals surface area contributed by atoms with Crippen LogP contribution in [0.15, 0.2) is 51.9 Å². The summed E-state index contributed by atoms with van der Waals surface area (Å²) in [6.07, 6.45) is 1.90. The Morgan fingerprint density at radius 1 is 1.05 bits per heavy atom. The Morgan fingerprint density at radius 2 is 1.82 bits per heavy atom. The van der Waals surface area contributed by atoms with E-state index in [0.29, 0.717) is 0 Å². The Balaban J connectivity index is 2.04. The second kappa shape index (κ2) is 6.42. The van der Waals surface area contributed by atoms with Gasteiger partial charge in [0.05, 0.1) is 11.9 Å². The molecule has 0 aliphatic carbocycles. The Morgan fingerprint density at radius 3 is 2.45 bits per heavy atom. The molecule has 0 amide bonds. The first-order valence-corrected chi connectivity index (χ1v) is 8.68. The Kier molecular flexibility index (Phi) is 4.36. The van der Waals surface area contributed by atoms with E-state index in [0.717, 1.165) is 20.9 Å². The molecule has 0 saturated carbocycles. The van der Waals surface area contributed by atoms with Crippen molar-refractivity contribution in [3.8, 4) is 11.3 Å². The molecular formula is C17H17N3S2. The number of benzene rings is 1. The predicted molar refractivity (Wildman–Crippen MR) is 96.0 cm³/mol. The number of rotatable bonds is 3. The lowest BCUT2D eigenvalue weighted by molar-refractivity contribution is 0.849. The van der Waals surface area contributed by atoms with Gasteiger partial charge in [-0.2, -0.15) is 5.10 Å². The van der Waals surface area contributed by atoms with Crippen LogP contribution in [0.5, 0.6) is 0 Å². The normalized spacial score (nSPS) is 12.4. The second-order valence-corrected chi connectivity index (χ2v) is 7.15. The maximum absolute atomic E-state index is 4.64. The molecule has 0 aliphatic heterocycles. The first-order valence-electron chi connectivity index (χ1n) is 6.98. The monoisotopic (exact) mass is 327 g/mol. The number of hydrogen-bond acceptors (Lipinski definition) is 4. The van der Waals surface area contributed by atoms with E-state index < -0.39 is 0 Å². The fourth-order valence-electron chi connectivity index (χ4n) is 2.12. The summed E-state index contributed by atoms with van der Waals surface area (Å²) in [7, 11) is 1.80. The minimum atomic E-state index is 0.889. The second-order valence-electron chi connectivity index (χ2n) is 5.00. The molecule has 3 rings (SSSR count). The van der Waals surface area contributed by atoms with E-state index in [-0.39, 0.29) is 0 Å². The first-order chi connectivity index (χ1) is 10.7. The van der Waals surface area contributed by atoms with Crippen molar-refractivity contribution >= 4 is 28.9 Å². The third-order valence-corrected chi connectivity index (χ3v) is 5.13. The summed E-state index contributed by atoms with van der Waals surface area (Å²) < 4.78 is 1.91. The van der Waals surface area contributed by atoms with Gasteiger partial charge >= 0.3 is 0 Å². The van der Waals surface area contributed by atoms with Gasteiger partial charge in [-0.25, -0.2) is 4.68 Å². The molecule has 22 heavy (non-hydrogen) atoms. The molecule has 0 unspecified atom stereocenters. The number of thiophene rings is 1. The number of aromatic nitrogens is 1. The highest BCUT2D eigenvalue weighted by Gasteiger charge is 2.06. The molecule has 0 N–H and O–H groups in total. The lowest BCUT2D eigenvalue weighted by Gasteiger charge is -2.03. The van der Waals surface area contributed by atoms with Gasteiger partial charge in [-0.05, 0) is 26.0 Å². The van der Waals surface area contributed by atoms with Crippen LogP contribution in [0, 0.1) is 13.8 Å². The summed E-state index contributed by atoms with van der Waals surface area (Å²) in [5.41, 5.74) is 3.47. The van der Waals surface area contributed by atoms with Crippen LogP contribution in [0.2, 0.25) is 0 Å². The minimum Gasteiger partial charge on any atom is -0.261 e. The maximum atomic E-state index is 4.64. The number of nitrogens with zero attached hydrogens (tertiary/aromatic N) is 3. The molecule has 0 radical (unpaired) electrons. The van der Waals surface area contributed by atoms with Crippen LogP contribution < -0.4 is 4.80 Å². The average molecular weight is 327 g/mol. The van der Waals surface area contributed by atoms with Gasteiger partial charge in [-0.15, -0.1) is 22.7 Å². The molecule has 0 fully saturated rings. The zero-order valence-electron chi connectivity index (χ0n) is 12.8. The average Bonchev–Trinajstić information content (AvgIpc) is 3.11. The van der Waals surface area contributed by atoms with Gasteiger partial charge < -0.3 is 0 Å². The van der Waals surface area contributed by atoms with Crippen molar-refractivity contribution in [1.82, 2.24) is 4.68 Å². The molecule has 0 aliphatic rings. The molecule has 0 spiro atoms. The van der Waals surface area contributed by atoms with Gasteiger partial charge in [0.1, 0.15) is 0 Å². The summed E-state index contributed by atoms with van der Waals surface area (Å²) in [6, 6.07) is 12.7. The van der Waals surface area contributed by atoms with Crippen LogP contribution in [0.3, 0.4) is 0 Å². The highest BCUT2D eigenvalue weighted by atomic mass is 32.1. The van der Waals surface area contributed by atoms with Crippen molar-refractivity contribution in [2.24, 2.45) is 10.1 Å². The van der Waals surface area contributed by atoms with Crippen molar-refractivity contribution in [2.75, 3.05) is 7.05 Å². The zero-order chi connectivity index (χ0) is 15.5. The molecule has 0 atom stereocenters. The molecule has 3 nitrogen and oxygen atoms in total. The van der Waals surface area contributed by atoms with E-state index in [4.69, 9.17) is 0 Å². The van der Waals surface area contributed by atoms with E-state index in [9.17, 15) is 0 Å². The van der Waals surface area contributed by atoms with Gasteiger partial charge in [0.25, 0.3) is 0 Å². The van der Waals surface area contributed by atoms with E-state index in [1.807, 2.05) is 10.9 Å². The fraction of sp³-hybridized carbons (Fsp3) is 0.176. The molecule has 3 aromatic rings. The number of aryl methyl sites for hydroxylation is 2. The molecule has 2 heterocycles. The van der Waals surface area contributed by atoms with Gasteiger partial charge in [-0.3, -0.25) is 4.99 Å². The van der Waals surface area contributed by atoms with Crippen LogP contribution in [0.1, 0.15) is 15.3 Å². The standard InChI is InChI=1S/C17H17N3S2/c1-12-4-7-14(8-5-12)16-11-21-17(18-3)20(16)19-10-15-9-6-13(2)22-15/h4-11H,1-3H3. The zero-order valence-corrected chi connectivity index (χ0v) is 14.4. The largest absolute Gasteiger partial charge is 0.261 e.